The largest absolute Gasteiger partial charge is 0.477 e. The van der Waals surface area contributed by atoms with E-state index in [0.717, 1.165) is 12.5 Å². The summed E-state index contributed by atoms with van der Waals surface area (Å²) in [5.41, 5.74) is 0. The molecule has 14 heavy (non-hydrogen) atoms. The number of thiazole rings is 1. The second-order valence-electron chi connectivity index (χ2n) is 3.51. The number of carbonyl (C=O) groups is 1. The number of hydrogen-bond acceptors (Lipinski definition) is 4. The molecule has 1 aliphatic rings. The van der Waals surface area contributed by atoms with Crippen molar-refractivity contribution < 1.29 is 9.90 Å². The quantitative estimate of drug-likeness (QED) is 0.801. The maximum absolute atomic E-state index is 10.6. The molecule has 1 saturated carbocycles. The Morgan fingerprint density at radius 2 is 2.50 bits per heavy atom. The molecule has 76 valence electrons. The van der Waals surface area contributed by atoms with E-state index in [4.69, 9.17) is 5.11 Å². The van der Waals surface area contributed by atoms with Gasteiger partial charge in [0.2, 0.25) is 0 Å². The third-order valence-electron chi connectivity index (χ3n) is 2.48. The zero-order valence-electron chi connectivity index (χ0n) is 7.69. The summed E-state index contributed by atoms with van der Waals surface area (Å²) >= 11 is 1.20. The molecule has 1 heterocycles. The van der Waals surface area contributed by atoms with Crippen LogP contribution in [0.5, 0.6) is 0 Å². The molecule has 0 aromatic carbocycles. The number of carboxylic acids is 1. The molecule has 4 nitrogen and oxygen atoms in total. The third-order valence-corrected chi connectivity index (χ3v) is 3.43. The van der Waals surface area contributed by atoms with E-state index < -0.39 is 5.97 Å². The maximum Gasteiger partial charge on any atom is 0.347 e. The minimum atomic E-state index is -0.904. The standard InChI is InChI=1S/C9H12N2O2S/c12-8(13)7-5-11-9(14-7)10-4-6-2-1-3-6/h5-6H,1-4H2,(H,10,11)(H,12,13). The van der Waals surface area contributed by atoms with Crippen LogP contribution in [-0.4, -0.2) is 22.6 Å². The Hall–Kier alpha value is -1.10. The van der Waals surface area contributed by atoms with Crippen LogP contribution in [0.25, 0.3) is 0 Å². The Balaban J connectivity index is 1.86. The number of hydrogen-bond donors (Lipinski definition) is 2. The fourth-order valence-electron chi connectivity index (χ4n) is 1.38. The van der Waals surface area contributed by atoms with Crippen LogP contribution in [-0.2, 0) is 0 Å². The molecule has 0 unspecified atom stereocenters. The molecule has 0 amide bonds. The molecule has 0 saturated heterocycles. The van der Waals surface area contributed by atoms with Crippen molar-refractivity contribution in [3.8, 4) is 0 Å². The SMILES string of the molecule is O=C(O)c1cnc(NCC2CCC2)s1. The molecule has 0 spiro atoms. The molecule has 1 aromatic rings. The summed E-state index contributed by atoms with van der Waals surface area (Å²) in [5.74, 6) is -0.147. The number of aromatic carboxylic acids is 1. The van der Waals surface area contributed by atoms with Gasteiger partial charge in [0.05, 0.1) is 6.20 Å². The van der Waals surface area contributed by atoms with Crippen molar-refractivity contribution in [1.29, 1.82) is 0 Å². The lowest BCUT2D eigenvalue weighted by atomic mass is 9.86. The van der Waals surface area contributed by atoms with E-state index in [1.165, 1.54) is 36.8 Å². The first-order valence-corrected chi connectivity index (χ1v) is 5.50. The van der Waals surface area contributed by atoms with Gasteiger partial charge in [-0.05, 0) is 18.8 Å². The second kappa shape index (κ2) is 3.96. The Morgan fingerprint density at radius 1 is 1.71 bits per heavy atom. The fourth-order valence-corrected chi connectivity index (χ4v) is 2.05. The molecule has 2 rings (SSSR count). The normalized spacial score (nSPS) is 16.3. The van der Waals surface area contributed by atoms with Crippen molar-refractivity contribution in [1.82, 2.24) is 4.98 Å². The summed E-state index contributed by atoms with van der Waals surface area (Å²) in [4.78, 5) is 14.8. The lowest BCUT2D eigenvalue weighted by Crippen LogP contribution is -2.20. The van der Waals surface area contributed by atoms with E-state index in [9.17, 15) is 4.79 Å². The predicted molar refractivity (Wildman–Crippen MR) is 54.9 cm³/mol. The zero-order valence-corrected chi connectivity index (χ0v) is 8.51. The summed E-state index contributed by atoms with van der Waals surface area (Å²) in [7, 11) is 0. The second-order valence-corrected chi connectivity index (χ2v) is 4.54. The van der Waals surface area contributed by atoms with Gasteiger partial charge in [0.15, 0.2) is 5.13 Å². The van der Waals surface area contributed by atoms with Gasteiger partial charge < -0.3 is 10.4 Å². The van der Waals surface area contributed by atoms with Gasteiger partial charge in [-0.2, -0.15) is 0 Å². The minimum Gasteiger partial charge on any atom is -0.477 e. The zero-order chi connectivity index (χ0) is 9.97. The van der Waals surface area contributed by atoms with Gasteiger partial charge in [-0.15, -0.1) is 0 Å². The van der Waals surface area contributed by atoms with E-state index in [1.54, 1.807) is 0 Å². The first-order valence-electron chi connectivity index (χ1n) is 4.68. The van der Waals surface area contributed by atoms with Crippen LogP contribution in [0.15, 0.2) is 6.20 Å². The Labute approximate surface area is 86.0 Å². The summed E-state index contributed by atoms with van der Waals surface area (Å²) in [6.07, 6.45) is 5.29. The van der Waals surface area contributed by atoms with Gasteiger partial charge in [0, 0.05) is 6.54 Å². The lowest BCUT2D eigenvalue weighted by Gasteiger charge is -2.25. The van der Waals surface area contributed by atoms with Crippen molar-refractivity contribution >= 4 is 22.4 Å². The molecule has 1 aromatic heterocycles. The molecule has 0 bridgehead atoms. The number of rotatable bonds is 4. The number of anilines is 1. The van der Waals surface area contributed by atoms with E-state index in [0.29, 0.717) is 10.0 Å². The monoisotopic (exact) mass is 212 g/mol. The molecule has 0 aliphatic heterocycles. The van der Waals surface area contributed by atoms with E-state index in [1.807, 2.05) is 0 Å². The summed E-state index contributed by atoms with van der Waals surface area (Å²) in [5, 5.41) is 12.6. The highest BCUT2D eigenvalue weighted by atomic mass is 32.1. The van der Waals surface area contributed by atoms with E-state index in [2.05, 4.69) is 10.3 Å². The summed E-state index contributed by atoms with van der Waals surface area (Å²) in [6, 6.07) is 0. The van der Waals surface area contributed by atoms with Gasteiger partial charge >= 0.3 is 5.97 Å². The van der Waals surface area contributed by atoms with Crippen LogP contribution in [0.1, 0.15) is 28.9 Å². The molecule has 1 aliphatic carbocycles. The Morgan fingerprint density at radius 3 is 3.00 bits per heavy atom. The fraction of sp³-hybridized carbons (Fsp3) is 0.556. The van der Waals surface area contributed by atoms with Crippen molar-refractivity contribution in [2.24, 2.45) is 5.92 Å². The van der Waals surface area contributed by atoms with Gasteiger partial charge in [-0.3, -0.25) is 0 Å². The highest BCUT2D eigenvalue weighted by Crippen LogP contribution is 2.27. The molecule has 0 atom stereocenters. The van der Waals surface area contributed by atoms with Crippen LogP contribution < -0.4 is 5.32 Å². The van der Waals surface area contributed by atoms with Crippen molar-refractivity contribution in [2.75, 3.05) is 11.9 Å². The van der Waals surface area contributed by atoms with Gasteiger partial charge in [0.1, 0.15) is 4.88 Å². The van der Waals surface area contributed by atoms with E-state index >= 15 is 0 Å². The summed E-state index contributed by atoms with van der Waals surface area (Å²) in [6.45, 7) is 0.923. The Kier molecular flexibility index (Phi) is 2.67. The van der Waals surface area contributed by atoms with Crippen LogP contribution in [0, 0.1) is 5.92 Å². The molecule has 5 heteroatoms. The Bertz CT molecular complexity index is 333. The lowest BCUT2D eigenvalue weighted by molar-refractivity contribution is 0.0702. The van der Waals surface area contributed by atoms with Crippen LogP contribution in [0.3, 0.4) is 0 Å². The maximum atomic E-state index is 10.6. The predicted octanol–water partition coefficient (Wildman–Crippen LogP) is 2.05. The van der Waals surface area contributed by atoms with Crippen molar-refractivity contribution in [3.05, 3.63) is 11.1 Å². The number of nitrogens with zero attached hydrogens (tertiary/aromatic N) is 1. The topological polar surface area (TPSA) is 62.2 Å². The smallest absolute Gasteiger partial charge is 0.347 e. The van der Waals surface area contributed by atoms with E-state index in [-0.39, 0.29) is 0 Å². The number of carboxylic acid groups (broad SMARTS) is 1. The average molecular weight is 212 g/mol. The van der Waals surface area contributed by atoms with Crippen LogP contribution in [0.4, 0.5) is 5.13 Å². The van der Waals surface area contributed by atoms with Gasteiger partial charge in [-0.25, -0.2) is 9.78 Å². The van der Waals surface area contributed by atoms with Crippen molar-refractivity contribution in [3.63, 3.8) is 0 Å². The summed E-state index contributed by atoms with van der Waals surface area (Å²) < 4.78 is 0. The minimum absolute atomic E-state index is 0.293. The first-order chi connectivity index (χ1) is 6.75. The van der Waals surface area contributed by atoms with Crippen LogP contribution >= 0.6 is 11.3 Å². The van der Waals surface area contributed by atoms with Gasteiger partial charge in [-0.1, -0.05) is 17.8 Å². The molecule has 0 radical (unpaired) electrons. The first kappa shape index (κ1) is 9.45. The van der Waals surface area contributed by atoms with Crippen molar-refractivity contribution in [2.45, 2.75) is 19.3 Å². The molecular weight excluding hydrogens is 200 g/mol. The highest BCUT2D eigenvalue weighted by molar-refractivity contribution is 7.17. The third kappa shape index (κ3) is 2.04. The average Bonchev–Trinajstić information content (AvgIpc) is 2.50. The number of nitrogens with one attached hydrogen (secondary N) is 1. The van der Waals surface area contributed by atoms with Gasteiger partial charge in [0.25, 0.3) is 0 Å². The van der Waals surface area contributed by atoms with Crippen LogP contribution in [0.2, 0.25) is 0 Å². The highest BCUT2D eigenvalue weighted by Gasteiger charge is 2.17. The molecular formula is C9H12N2O2S. The molecule has 2 N–H and O–H groups in total. The molecule has 1 fully saturated rings. The number of aromatic nitrogens is 1.